The Kier molecular flexibility index (Phi) is 7.23. The maximum absolute atomic E-state index is 13.4. The van der Waals surface area contributed by atoms with Crippen molar-refractivity contribution in [3.05, 3.63) is 53.6 Å². The second kappa shape index (κ2) is 9.68. The molecule has 0 saturated carbocycles. The molecule has 0 aromatic heterocycles. The maximum atomic E-state index is 13.4. The predicted octanol–water partition coefficient (Wildman–Crippen LogP) is 2.71. The molecule has 1 fully saturated rings. The van der Waals surface area contributed by atoms with E-state index in [1.165, 1.54) is 19.2 Å². The van der Waals surface area contributed by atoms with E-state index in [4.69, 9.17) is 16.3 Å². The summed E-state index contributed by atoms with van der Waals surface area (Å²) in [4.78, 5) is 17.0. The van der Waals surface area contributed by atoms with Crippen molar-refractivity contribution >= 4 is 33.2 Å². The van der Waals surface area contributed by atoms with Gasteiger partial charge in [0.15, 0.2) is 0 Å². The Morgan fingerprint density at radius 1 is 1.03 bits per heavy atom. The number of amides is 1. The van der Waals surface area contributed by atoms with Crippen LogP contribution in [0.15, 0.2) is 53.4 Å². The lowest BCUT2D eigenvalue weighted by molar-refractivity contribution is -0.131. The smallest absolute Gasteiger partial charge is 0.264 e. The van der Waals surface area contributed by atoms with Gasteiger partial charge in [0.1, 0.15) is 12.3 Å². The lowest BCUT2D eigenvalue weighted by atomic mass is 10.3. The van der Waals surface area contributed by atoms with E-state index in [2.05, 4.69) is 11.8 Å². The van der Waals surface area contributed by atoms with Crippen molar-refractivity contribution in [3.8, 4) is 5.75 Å². The largest absolute Gasteiger partial charge is 0.497 e. The monoisotopic (exact) mass is 451 g/mol. The molecule has 0 radical (unpaired) electrons. The first-order valence-corrected chi connectivity index (χ1v) is 11.6. The number of carbonyl (C=O) groups excluding carboxylic acids is 1. The van der Waals surface area contributed by atoms with Gasteiger partial charge in [-0.1, -0.05) is 18.5 Å². The minimum Gasteiger partial charge on any atom is -0.497 e. The average molecular weight is 452 g/mol. The number of rotatable bonds is 7. The molecule has 1 aliphatic rings. The van der Waals surface area contributed by atoms with E-state index in [0.29, 0.717) is 29.5 Å². The summed E-state index contributed by atoms with van der Waals surface area (Å²) in [7, 11) is -2.45. The number of hydrogen-bond acceptors (Lipinski definition) is 5. The van der Waals surface area contributed by atoms with E-state index in [1.54, 1.807) is 41.3 Å². The molecule has 7 nitrogen and oxygen atoms in total. The Hall–Kier alpha value is -2.29. The van der Waals surface area contributed by atoms with Crippen LogP contribution in [-0.4, -0.2) is 70.5 Å². The third-order valence-corrected chi connectivity index (χ3v) is 7.25. The molecule has 2 aromatic carbocycles. The molecule has 1 heterocycles. The van der Waals surface area contributed by atoms with Gasteiger partial charge in [0.2, 0.25) is 5.91 Å². The van der Waals surface area contributed by atoms with Gasteiger partial charge in [-0.25, -0.2) is 8.42 Å². The summed E-state index contributed by atoms with van der Waals surface area (Å²) in [5, 5.41) is 0.488. The van der Waals surface area contributed by atoms with Crippen LogP contribution >= 0.6 is 11.6 Å². The third kappa shape index (κ3) is 5.06. The summed E-state index contributed by atoms with van der Waals surface area (Å²) in [5.41, 5.74) is 0.385. The molecule has 2 aromatic rings. The Morgan fingerprint density at radius 3 is 2.17 bits per heavy atom. The summed E-state index contributed by atoms with van der Waals surface area (Å²) < 4.78 is 33.1. The van der Waals surface area contributed by atoms with Crippen LogP contribution in [0.25, 0.3) is 0 Å². The van der Waals surface area contributed by atoms with Crippen LogP contribution < -0.4 is 9.04 Å². The number of nitrogens with zero attached hydrogens (tertiary/aromatic N) is 3. The number of likely N-dealkylation sites (N-methyl/N-ethyl adjacent to an activating group) is 1. The molecule has 0 unspecified atom stereocenters. The predicted molar refractivity (Wildman–Crippen MR) is 118 cm³/mol. The molecular formula is C21H26ClN3O4S. The fourth-order valence-electron chi connectivity index (χ4n) is 3.33. The van der Waals surface area contributed by atoms with Crippen molar-refractivity contribution in [2.24, 2.45) is 0 Å². The highest BCUT2D eigenvalue weighted by Crippen LogP contribution is 2.26. The highest BCUT2D eigenvalue weighted by Gasteiger charge is 2.30. The number of piperazine rings is 1. The minimum absolute atomic E-state index is 0.0850. The van der Waals surface area contributed by atoms with Crippen LogP contribution in [0.3, 0.4) is 0 Å². The fraction of sp³-hybridized carbons (Fsp3) is 0.381. The highest BCUT2D eigenvalue weighted by atomic mass is 35.5. The average Bonchev–Trinajstić information content (AvgIpc) is 2.78. The van der Waals surface area contributed by atoms with E-state index in [9.17, 15) is 13.2 Å². The summed E-state index contributed by atoms with van der Waals surface area (Å²) >= 11 is 5.97. The lowest BCUT2D eigenvalue weighted by Gasteiger charge is -2.35. The topological polar surface area (TPSA) is 70.2 Å². The van der Waals surface area contributed by atoms with Gasteiger partial charge < -0.3 is 14.5 Å². The van der Waals surface area contributed by atoms with Crippen molar-refractivity contribution < 1.29 is 17.9 Å². The summed E-state index contributed by atoms with van der Waals surface area (Å²) in [5.74, 6) is 0.328. The van der Waals surface area contributed by atoms with Gasteiger partial charge in [-0.3, -0.25) is 9.10 Å². The molecule has 0 aliphatic carbocycles. The second-order valence-corrected chi connectivity index (χ2v) is 9.28. The van der Waals surface area contributed by atoms with Crippen molar-refractivity contribution in [2.75, 3.05) is 50.7 Å². The van der Waals surface area contributed by atoms with Crippen molar-refractivity contribution in [2.45, 2.75) is 11.8 Å². The van der Waals surface area contributed by atoms with Gasteiger partial charge in [-0.2, -0.15) is 0 Å². The zero-order valence-corrected chi connectivity index (χ0v) is 18.7. The standard InChI is InChI=1S/C21H26ClN3O4S/c1-3-23-12-14-24(15-13-23)21(26)16-25(18-6-4-17(22)5-7-18)30(27,28)20-10-8-19(29-2)9-11-20/h4-11H,3,12-16H2,1-2H3. The molecule has 1 saturated heterocycles. The molecule has 162 valence electrons. The fourth-order valence-corrected chi connectivity index (χ4v) is 4.87. The summed E-state index contributed by atoms with van der Waals surface area (Å²) in [6.07, 6.45) is 0. The van der Waals surface area contributed by atoms with Crippen molar-refractivity contribution in [1.82, 2.24) is 9.80 Å². The Morgan fingerprint density at radius 2 is 1.63 bits per heavy atom. The van der Waals surface area contributed by atoms with Gasteiger partial charge in [0, 0.05) is 31.2 Å². The Balaban J connectivity index is 1.88. The Bertz CT molecular complexity index is 957. The molecule has 0 N–H and O–H groups in total. The molecule has 1 aliphatic heterocycles. The van der Waals surface area contributed by atoms with Gasteiger partial charge in [0.05, 0.1) is 17.7 Å². The molecule has 0 atom stereocenters. The zero-order valence-electron chi connectivity index (χ0n) is 17.1. The Labute approximate surface area is 182 Å². The van der Waals surface area contributed by atoms with Crippen LogP contribution in [0.1, 0.15) is 6.92 Å². The SMILES string of the molecule is CCN1CCN(C(=O)CN(c2ccc(Cl)cc2)S(=O)(=O)c2ccc(OC)cc2)CC1. The number of halogens is 1. The first-order chi connectivity index (χ1) is 14.3. The molecule has 9 heteroatoms. The number of sulfonamides is 1. The molecule has 30 heavy (non-hydrogen) atoms. The van der Waals surface area contributed by atoms with Crippen molar-refractivity contribution in [1.29, 1.82) is 0 Å². The van der Waals surface area contributed by atoms with Crippen LogP contribution in [0, 0.1) is 0 Å². The number of ether oxygens (including phenoxy) is 1. The highest BCUT2D eigenvalue weighted by molar-refractivity contribution is 7.92. The second-order valence-electron chi connectivity index (χ2n) is 6.98. The molecule has 1 amide bonds. The van der Waals surface area contributed by atoms with E-state index in [-0.39, 0.29) is 17.3 Å². The molecule has 0 bridgehead atoms. The van der Waals surface area contributed by atoms with Crippen LogP contribution in [-0.2, 0) is 14.8 Å². The molecular weight excluding hydrogens is 426 g/mol. The summed E-state index contributed by atoms with van der Waals surface area (Å²) in [6, 6.07) is 12.5. The first-order valence-electron chi connectivity index (χ1n) is 9.77. The third-order valence-electron chi connectivity index (χ3n) is 5.21. The minimum atomic E-state index is -3.96. The number of hydrogen-bond donors (Lipinski definition) is 0. The van der Waals surface area contributed by atoms with Crippen LogP contribution in [0.5, 0.6) is 5.75 Å². The zero-order chi connectivity index (χ0) is 21.7. The van der Waals surface area contributed by atoms with Crippen LogP contribution in [0.4, 0.5) is 5.69 Å². The normalized spacial score (nSPS) is 15.1. The van der Waals surface area contributed by atoms with Gasteiger partial charge in [-0.15, -0.1) is 0 Å². The van der Waals surface area contributed by atoms with Gasteiger partial charge in [0.25, 0.3) is 10.0 Å². The summed E-state index contributed by atoms with van der Waals surface area (Å²) in [6.45, 7) is 5.49. The maximum Gasteiger partial charge on any atom is 0.264 e. The number of benzene rings is 2. The van der Waals surface area contributed by atoms with E-state index < -0.39 is 10.0 Å². The number of methoxy groups -OCH3 is 1. The lowest BCUT2D eigenvalue weighted by Crippen LogP contribution is -2.51. The van der Waals surface area contributed by atoms with Crippen molar-refractivity contribution in [3.63, 3.8) is 0 Å². The van der Waals surface area contributed by atoms with Crippen LogP contribution in [0.2, 0.25) is 5.02 Å². The van der Waals surface area contributed by atoms with Gasteiger partial charge >= 0.3 is 0 Å². The van der Waals surface area contributed by atoms with E-state index in [0.717, 1.165) is 23.9 Å². The first kappa shape index (κ1) is 22.4. The van der Waals surface area contributed by atoms with E-state index in [1.807, 2.05) is 0 Å². The number of anilines is 1. The number of carbonyl (C=O) groups is 1. The quantitative estimate of drug-likeness (QED) is 0.647. The van der Waals surface area contributed by atoms with E-state index >= 15 is 0 Å². The molecule has 3 rings (SSSR count). The molecule has 0 spiro atoms. The van der Waals surface area contributed by atoms with Gasteiger partial charge in [-0.05, 0) is 55.1 Å².